The number of rotatable bonds is 6. The lowest BCUT2D eigenvalue weighted by atomic mass is 9.87. The van der Waals surface area contributed by atoms with E-state index in [1.165, 1.54) is 0 Å². The van der Waals surface area contributed by atoms with Crippen molar-refractivity contribution in [1.82, 2.24) is 14.8 Å². The van der Waals surface area contributed by atoms with Crippen LogP contribution in [0.1, 0.15) is 61.5 Å². The maximum Gasteiger partial charge on any atom is 0.325 e. The Morgan fingerprint density at radius 2 is 1.71 bits per heavy atom. The number of nitrogens with zero attached hydrogens (tertiary/aromatic N) is 4. The molecule has 1 aliphatic heterocycles. The minimum absolute atomic E-state index is 0.0648. The fourth-order valence-electron chi connectivity index (χ4n) is 5.21. The molecule has 2 fully saturated rings. The van der Waals surface area contributed by atoms with Gasteiger partial charge in [0, 0.05) is 30.6 Å². The van der Waals surface area contributed by atoms with Crippen molar-refractivity contribution < 1.29 is 29.0 Å². The molecule has 2 aliphatic rings. The SMILES string of the molecule is O=CC1CCC(n2cc3cc(NC(=O)c4cccc(S(F)(F)(F)(F)F)n4)c(N4CCCCC4)cc3n2)CC1. The first-order valence-electron chi connectivity index (χ1n) is 12.6. The van der Waals surface area contributed by atoms with Gasteiger partial charge in [-0.25, -0.2) is 4.98 Å². The smallest absolute Gasteiger partial charge is 0.325 e. The number of halogens is 5. The van der Waals surface area contributed by atoms with Gasteiger partial charge in [-0.2, -0.15) is 5.10 Å². The molecule has 1 amide bonds. The standard InChI is InChI=1S/C25H28F5N5O2S/c26-38(27,28,29,30)24-6-4-5-20(31-24)25(37)32-22-13-18-15-35(19-9-7-17(16-36)8-10-19)33-21(18)14-23(22)34-11-2-1-3-12-34/h4-6,13-17,19H,1-3,7-12H2,(H,32,37). The molecule has 1 saturated carbocycles. The molecular weight excluding hydrogens is 529 g/mol. The Morgan fingerprint density at radius 1 is 1.00 bits per heavy atom. The number of pyridine rings is 1. The van der Waals surface area contributed by atoms with Crippen LogP contribution in [0.2, 0.25) is 0 Å². The molecule has 1 aromatic carbocycles. The zero-order chi connectivity index (χ0) is 27.2. The fraction of sp³-hybridized carbons (Fsp3) is 0.440. The summed E-state index contributed by atoms with van der Waals surface area (Å²) in [6.45, 7) is 1.45. The van der Waals surface area contributed by atoms with Crippen molar-refractivity contribution in [3.63, 3.8) is 0 Å². The van der Waals surface area contributed by atoms with E-state index in [0.29, 0.717) is 22.3 Å². The van der Waals surface area contributed by atoms with Gasteiger partial charge < -0.3 is 15.0 Å². The Hall–Kier alpha value is -3.22. The summed E-state index contributed by atoms with van der Waals surface area (Å²) in [5.74, 6) is -0.957. The second-order valence-electron chi connectivity index (χ2n) is 10.1. The number of carbonyl (C=O) groups excluding carboxylic acids is 2. The van der Waals surface area contributed by atoms with Gasteiger partial charge in [0.15, 0.2) is 5.03 Å². The monoisotopic (exact) mass is 557 g/mol. The molecule has 206 valence electrons. The first-order valence-corrected chi connectivity index (χ1v) is 14.5. The first kappa shape index (κ1) is 26.4. The Bertz CT molecular complexity index is 1380. The molecule has 1 saturated heterocycles. The Balaban J connectivity index is 1.48. The molecule has 0 radical (unpaired) electrons. The summed E-state index contributed by atoms with van der Waals surface area (Å²) in [5.41, 5.74) is 0.933. The summed E-state index contributed by atoms with van der Waals surface area (Å²) in [6.07, 6.45) is 8.99. The second kappa shape index (κ2) is 8.92. The van der Waals surface area contributed by atoms with Crippen LogP contribution in [0.4, 0.5) is 30.8 Å². The summed E-state index contributed by atoms with van der Waals surface area (Å²) in [7, 11) is -10.0. The highest BCUT2D eigenvalue weighted by Crippen LogP contribution is 3.01. The number of hydrogen-bond donors (Lipinski definition) is 1. The minimum atomic E-state index is -10.0. The van der Waals surface area contributed by atoms with Crippen LogP contribution >= 0.6 is 10.2 Å². The molecule has 0 bridgehead atoms. The van der Waals surface area contributed by atoms with E-state index in [4.69, 9.17) is 5.10 Å². The molecular formula is C25H28F5N5O2S. The van der Waals surface area contributed by atoms with E-state index in [1.54, 1.807) is 6.07 Å². The van der Waals surface area contributed by atoms with Gasteiger partial charge in [0.25, 0.3) is 5.91 Å². The Morgan fingerprint density at radius 3 is 2.37 bits per heavy atom. The molecule has 38 heavy (non-hydrogen) atoms. The number of aldehydes is 1. The minimum Gasteiger partial charge on any atom is -0.370 e. The lowest BCUT2D eigenvalue weighted by molar-refractivity contribution is -0.112. The first-order chi connectivity index (χ1) is 17.8. The van der Waals surface area contributed by atoms with Gasteiger partial charge in [0.05, 0.1) is 22.9 Å². The predicted octanol–water partition coefficient (Wildman–Crippen LogP) is 7.26. The third-order valence-electron chi connectivity index (χ3n) is 7.24. The Labute approximate surface area is 216 Å². The quantitative estimate of drug-likeness (QED) is 0.255. The van der Waals surface area contributed by atoms with Crippen LogP contribution in [-0.2, 0) is 4.79 Å². The average molecular weight is 558 g/mol. The predicted molar refractivity (Wildman–Crippen MR) is 136 cm³/mol. The van der Waals surface area contributed by atoms with Gasteiger partial charge in [-0.05, 0) is 69.2 Å². The van der Waals surface area contributed by atoms with E-state index in [2.05, 4.69) is 15.2 Å². The van der Waals surface area contributed by atoms with Gasteiger partial charge in [-0.15, -0.1) is 0 Å². The Kier molecular flexibility index (Phi) is 6.20. The highest BCUT2D eigenvalue weighted by molar-refractivity contribution is 8.45. The van der Waals surface area contributed by atoms with Gasteiger partial charge >= 0.3 is 10.2 Å². The molecule has 2 aromatic heterocycles. The van der Waals surface area contributed by atoms with Crippen LogP contribution < -0.4 is 10.2 Å². The molecule has 0 atom stereocenters. The number of piperidine rings is 1. The van der Waals surface area contributed by atoms with E-state index in [-0.39, 0.29) is 18.0 Å². The molecule has 13 heteroatoms. The third kappa shape index (κ3) is 5.62. The van der Waals surface area contributed by atoms with E-state index >= 15 is 0 Å². The molecule has 1 N–H and O–H groups in total. The molecule has 3 heterocycles. The van der Waals surface area contributed by atoms with Crippen molar-refractivity contribution >= 4 is 44.7 Å². The van der Waals surface area contributed by atoms with Gasteiger partial charge in [0.2, 0.25) is 0 Å². The molecule has 1 aliphatic carbocycles. The van der Waals surface area contributed by atoms with Crippen LogP contribution in [0.15, 0.2) is 41.6 Å². The summed E-state index contributed by atoms with van der Waals surface area (Å²) in [4.78, 5) is 29.1. The van der Waals surface area contributed by atoms with E-state index in [0.717, 1.165) is 76.5 Å². The van der Waals surface area contributed by atoms with Crippen LogP contribution in [-0.4, -0.2) is 40.0 Å². The van der Waals surface area contributed by atoms with Crippen molar-refractivity contribution in [2.45, 2.75) is 56.0 Å². The molecule has 7 nitrogen and oxygen atoms in total. The van der Waals surface area contributed by atoms with E-state index in [9.17, 15) is 29.0 Å². The lowest BCUT2D eigenvalue weighted by Crippen LogP contribution is -2.30. The number of anilines is 2. The largest absolute Gasteiger partial charge is 0.370 e. The second-order valence-corrected chi connectivity index (χ2v) is 12.4. The van der Waals surface area contributed by atoms with Gasteiger partial charge in [0.1, 0.15) is 12.0 Å². The summed E-state index contributed by atoms with van der Waals surface area (Å²) < 4.78 is 68.2. The zero-order valence-electron chi connectivity index (χ0n) is 20.5. The van der Waals surface area contributed by atoms with Crippen LogP contribution in [0, 0.1) is 5.92 Å². The lowest BCUT2D eigenvalue weighted by Gasteiger charge is -2.39. The van der Waals surface area contributed by atoms with Crippen LogP contribution in [0.25, 0.3) is 10.9 Å². The van der Waals surface area contributed by atoms with Crippen molar-refractivity contribution in [1.29, 1.82) is 0 Å². The zero-order valence-corrected chi connectivity index (χ0v) is 21.3. The number of amides is 1. The van der Waals surface area contributed by atoms with Gasteiger partial charge in [-0.3, -0.25) is 9.48 Å². The highest BCUT2D eigenvalue weighted by Gasteiger charge is 2.67. The van der Waals surface area contributed by atoms with Crippen LogP contribution in [0.3, 0.4) is 0 Å². The molecule has 0 spiro atoms. The normalized spacial score (nSPS) is 22.5. The van der Waals surface area contributed by atoms with E-state index < -0.39 is 26.9 Å². The third-order valence-corrected chi connectivity index (χ3v) is 8.26. The average Bonchev–Trinajstić information content (AvgIpc) is 3.30. The highest BCUT2D eigenvalue weighted by atomic mass is 32.5. The summed E-state index contributed by atoms with van der Waals surface area (Å²) in [5, 5.41) is 5.71. The topological polar surface area (TPSA) is 80.1 Å². The maximum atomic E-state index is 13.3. The van der Waals surface area contributed by atoms with Crippen molar-refractivity contribution in [2.24, 2.45) is 5.92 Å². The van der Waals surface area contributed by atoms with E-state index in [1.807, 2.05) is 16.9 Å². The fourth-order valence-corrected chi connectivity index (χ4v) is 5.81. The summed E-state index contributed by atoms with van der Waals surface area (Å²) >= 11 is 0. The number of carbonyl (C=O) groups is 2. The number of benzene rings is 1. The van der Waals surface area contributed by atoms with Crippen molar-refractivity contribution in [3.8, 4) is 0 Å². The summed E-state index contributed by atoms with van der Waals surface area (Å²) in [6, 6.07) is 5.55. The number of hydrogen-bond acceptors (Lipinski definition) is 5. The molecule has 3 aromatic rings. The van der Waals surface area contributed by atoms with Gasteiger partial charge in [-0.1, -0.05) is 25.5 Å². The molecule has 0 unspecified atom stereocenters. The molecule has 5 rings (SSSR count). The van der Waals surface area contributed by atoms with Crippen molar-refractivity contribution in [3.05, 3.63) is 42.2 Å². The van der Waals surface area contributed by atoms with Crippen LogP contribution in [0.5, 0.6) is 0 Å². The van der Waals surface area contributed by atoms with Crippen molar-refractivity contribution in [2.75, 3.05) is 23.3 Å². The number of fused-ring (bicyclic) bond motifs is 1. The number of aromatic nitrogens is 3. The number of nitrogens with one attached hydrogen (secondary N) is 1. The maximum absolute atomic E-state index is 13.3.